The van der Waals surface area contributed by atoms with Crippen LogP contribution in [0.1, 0.15) is 0 Å². The van der Waals surface area contributed by atoms with E-state index in [0.717, 1.165) is 83.4 Å². The van der Waals surface area contributed by atoms with Gasteiger partial charge in [-0.25, -0.2) is 0 Å². The molecule has 9 aromatic carbocycles. The van der Waals surface area contributed by atoms with Gasteiger partial charge in [0, 0.05) is 54.5 Å². The van der Waals surface area contributed by atoms with Crippen molar-refractivity contribution in [1.29, 1.82) is 0 Å². The number of rotatable bonds is 6. The molecule has 0 spiro atoms. The summed E-state index contributed by atoms with van der Waals surface area (Å²) in [6.07, 6.45) is 0. The second-order valence-electron chi connectivity index (χ2n) is 14.4. The molecule has 3 heterocycles. The van der Waals surface area contributed by atoms with Crippen LogP contribution in [0, 0.1) is 0 Å². The maximum absolute atomic E-state index is 6.85. The Kier molecular flexibility index (Phi) is 7.06. The highest BCUT2D eigenvalue weighted by molar-refractivity contribution is 7.26. The molecule has 0 amide bonds. The minimum Gasteiger partial charge on any atom is -0.456 e. The van der Waals surface area contributed by atoms with Crippen LogP contribution in [0.15, 0.2) is 203 Å². The Hall–Kier alpha value is -7.34. The summed E-state index contributed by atoms with van der Waals surface area (Å²) in [6.45, 7) is 0. The fraction of sp³-hybridized carbons (Fsp3) is 0. The predicted molar refractivity (Wildman–Crippen MR) is 241 cm³/mol. The molecular weight excluding hydrogens is 717 g/mol. The molecule has 0 saturated carbocycles. The average Bonchev–Trinajstić information content (AvgIpc) is 3.97. The van der Waals surface area contributed by atoms with Crippen LogP contribution in [0.2, 0.25) is 0 Å². The van der Waals surface area contributed by atoms with E-state index >= 15 is 0 Å². The highest BCUT2D eigenvalue weighted by Crippen LogP contribution is 2.53. The summed E-state index contributed by atoms with van der Waals surface area (Å²) in [6, 6.07) is 68.9. The van der Waals surface area contributed by atoms with Crippen LogP contribution in [0.25, 0.3) is 74.8 Å². The van der Waals surface area contributed by atoms with Gasteiger partial charge in [0.05, 0.1) is 27.4 Å². The summed E-state index contributed by atoms with van der Waals surface area (Å²) in [5, 5.41) is 9.16. The number of benzene rings is 9. The fourth-order valence-electron chi connectivity index (χ4n) is 8.72. The second kappa shape index (κ2) is 12.6. The van der Waals surface area contributed by atoms with Crippen molar-refractivity contribution in [3.63, 3.8) is 0 Å². The normalized spacial score (nSPS) is 11.9. The Morgan fingerprint density at radius 2 is 0.965 bits per heavy atom. The fourth-order valence-corrected chi connectivity index (χ4v) is 9.92. The molecule has 57 heavy (non-hydrogen) atoms. The summed E-state index contributed by atoms with van der Waals surface area (Å²) in [4.78, 5) is 4.77. The van der Waals surface area contributed by atoms with Crippen molar-refractivity contribution in [1.82, 2.24) is 0 Å². The van der Waals surface area contributed by atoms with Crippen LogP contribution in [-0.2, 0) is 0 Å². The number of hydrogen-bond donors (Lipinski definition) is 0. The molecule has 0 aliphatic heterocycles. The van der Waals surface area contributed by atoms with Crippen LogP contribution < -0.4 is 9.80 Å². The van der Waals surface area contributed by atoms with Crippen LogP contribution in [0.3, 0.4) is 0 Å². The first-order valence-electron chi connectivity index (χ1n) is 19.2. The summed E-state index contributed by atoms with van der Waals surface area (Å²) in [7, 11) is 0. The Morgan fingerprint density at radius 3 is 1.77 bits per heavy atom. The molecule has 0 saturated heterocycles. The minimum absolute atomic E-state index is 0.811. The number of para-hydroxylation sites is 4. The average molecular weight is 749 g/mol. The van der Waals surface area contributed by atoms with Gasteiger partial charge in [-0.15, -0.1) is 11.3 Å². The molecule has 0 aliphatic rings. The van der Waals surface area contributed by atoms with Crippen LogP contribution in [0.5, 0.6) is 0 Å². The lowest BCUT2D eigenvalue weighted by molar-refractivity contribution is 0.667. The van der Waals surface area contributed by atoms with Crippen molar-refractivity contribution in [3.05, 3.63) is 194 Å². The number of furan rings is 2. The van der Waals surface area contributed by atoms with E-state index in [2.05, 4.69) is 192 Å². The molecule has 0 N–H and O–H groups in total. The van der Waals surface area contributed by atoms with Gasteiger partial charge < -0.3 is 18.6 Å². The Balaban J connectivity index is 1.24. The minimum atomic E-state index is 0.811. The topological polar surface area (TPSA) is 32.8 Å². The molecule has 0 bridgehead atoms. The van der Waals surface area contributed by atoms with Gasteiger partial charge in [-0.2, -0.15) is 0 Å². The summed E-state index contributed by atoms with van der Waals surface area (Å²) < 4.78 is 16.1. The third-order valence-electron chi connectivity index (χ3n) is 11.2. The molecule has 0 fully saturated rings. The molecule has 12 rings (SSSR count). The number of hydrogen-bond acceptors (Lipinski definition) is 5. The molecule has 0 radical (unpaired) electrons. The van der Waals surface area contributed by atoms with E-state index in [1.54, 1.807) is 0 Å². The Morgan fingerprint density at radius 1 is 0.351 bits per heavy atom. The van der Waals surface area contributed by atoms with E-state index < -0.39 is 0 Å². The predicted octanol–water partition coefficient (Wildman–Crippen LogP) is 15.9. The van der Waals surface area contributed by atoms with Gasteiger partial charge in [0.2, 0.25) is 0 Å². The third-order valence-corrected chi connectivity index (χ3v) is 12.4. The lowest BCUT2D eigenvalue weighted by Crippen LogP contribution is -2.17. The number of nitrogens with zero attached hydrogens (tertiary/aromatic N) is 2. The first-order valence-corrected chi connectivity index (χ1v) is 20.0. The standard InChI is InChI=1S/C52H32N2O2S/c1-3-16-34(17-4-1)53(42-25-13-23-39-37-21-9-11-27-46(37)56-51(39)42)45-32-48-41(50-36-20-8-7-15-33(36)29-30-47(50)55-48)31-44(45)54(35-18-5-2-6-19-35)43-26-14-24-40-38-22-10-12-28-49(38)57-52(40)43/h1-32H. The largest absolute Gasteiger partial charge is 0.456 e. The second-order valence-corrected chi connectivity index (χ2v) is 15.5. The maximum atomic E-state index is 6.85. The lowest BCUT2D eigenvalue weighted by Gasteiger charge is -2.33. The first kappa shape index (κ1) is 32.0. The smallest absolute Gasteiger partial charge is 0.159 e. The number of fused-ring (bicyclic) bond motifs is 11. The number of thiophene rings is 1. The number of anilines is 6. The molecule has 3 aromatic heterocycles. The highest BCUT2D eigenvalue weighted by atomic mass is 32.1. The van der Waals surface area contributed by atoms with E-state index in [4.69, 9.17) is 8.83 Å². The molecule has 0 atom stereocenters. The first-order chi connectivity index (χ1) is 28.3. The Bertz CT molecular complexity index is 3490. The van der Waals surface area contributed by atoms with Crippen LogP contribution >= 0.6 is 11.3 Å². The van der Waals surface area contributed by atoms with Crippen molar-refractivity contribution in [2.24, 2.45) is 0 Å². The SMILES string of the molecule is c1ccc(N(c2cc3oc4ccc5ccccc5c4c3cc2N(c2ccccc2)c2cccc3c2sc2ccccc23)c2cccc3c2oc2ccccc23)cc1. The zero-order valence-electron chi connectivity index (χ0n) is 30.6. The van der Waals surface area contributed by atoms with Crippen molar-refractivity contribution in [2.45, 2.75) is 0 Å². The van der Waals surface area contributed by atoms with Crippen molar-refractivity contribution in [2.75, 3.05) is 9.80 Å². The summed E-state index contributed by atoms with van der Waals surface area (Å²) >= 11 is 1.84. The molecule has 0 unspecified atom stereocenters. The molecule has 12 aromatic rings. The zero-order chi connectivity index (χ0) is 37.5. The van der Waals surface area contributed by atoms with Crippen LogP contribution in [-0.4, -0.2) is 0 Å². The third kappa shape index (κ3) is 4.93. The van der Waals surface area contributed by atoms with Gasteiger partial charge in [0.15, 0.2) is 5.58 Å². The van der Waals surface area contributed by atoms with Gasteiger partial charge in [-0.05, 0) is 71.4 Å². The van der Waals surface area contributed by atoms with Crippen LogP contribution in [0.4, 0.5) is 34.1 Å². The van der Waals surface area contributed by atoms with Gasteiger partial charge >= 0.3 is 0 Å². The monoisotopic (exact) mass is 748 g/mol. The van der Waals surface area contributed by atoms with E-state index in [9.17, 15) is 0 Å². The molecule has 4 nitrogen and oxygen atoms in total. The molecule has 0 aliphatic carbocycles. The highest BCUT2D eigenvalue weighted by Gasteiger charge is 2.28. The van der Waals surface area contributed by atoms with E-state index in [1.165, 1.54) is 25.6 Å². The summed E-state index contributed by atoms with van der Waals surface area (Å²) in [5.74, 6) is 0. The van der Waals surface area contributed by atoms with E-state index in [-0.39, 0.29) is 0 Å². The van der Waals surface area contributed by atoms with Gasteiger partial charge in [-0.1, -0.05) is 127 Å². The van der Waals surface area contributed by atoms with Gasteiger partial charge in [-0.3, -0.25) is 0 Å². The van der Waals surface area contributed by atoms with Crippen molar-refractivity contribution in [3.8, 4) is 0 Å². The van der Waals surface area contributed by atoms with Crippen molar-refractivity contribution >= 4 is 120 Å². The van der Waals surface area contributed by atoms with Gasteiger partial charge in [0.1, 0.15) is 16.7 Å². The van der Waals surface area contributed by atoms with Gasteiger partial charge in [0.25, 0.3) is 0 Å². The van der Waals surface area contributed by atoms with E-state index in [1.807, 2.05) is 23.5 Å². The summed E-state index contributed by atoms with van der Waals surface area (Å²) in [5.41, 5.74) is 9.39. The zero-order valence-corrected chi connectivity index (χ0v) is 31.4. The molecule has 5 heteroatoms. The molecule has 268 valence electrons. The quantitative estimate of drug-likeness (QED) is 0.170. The Labute approximate surface area is 331 Å². The molecular formula is C52H32N2O2S. The maximum Gasteiger partial charge on any atom is 0.159 e. The van der Waals surface area contributed by atoms with E-state index in [0.29, 0.717) is 0 Å². The lowest BCUT2D eigenvalue weighted by atomic mass is 10.0. The van der Waals surface area contributed by atoms with Crippen molar-refractivity contribution < 1.29 is 8.83 Å².